The molecule has 4 nitrogen and oxygen atoms in total. The molecule has 2 aromatic carbocycles. The molecule has 3 aromatic rings. The number of pyridine rings is 1. The second-order valence-corrected chi connectivity index (χ2v) is 10.4. The fraction of sp³-hybridized carbons (Fsp3) is 0.216. The Morgan fingerprint density at radius 2 is 1.69 bits per heavy atom. The van der Waals surface area contributed by atoms with Crippen molar-refractivity contribution in [3.63, 3.8) is 0 Å². The molecule has 0 saturated heterocycles. The fourth-order valence-electron chi connectivity index (χ4n) is 4.38. The molecule has 1 aliphatic heterocycles. The van der Waals surface area contributed by atoms with Crippen LogP contribution in [0, 0.1) is 25.2 Å². The topological polar surface area (TPSA) is 60.7 Å². The van der Waals surface area contributed by atoms with E-state index in [2.05, 4.69) is 107 Å². The van der Waals surface area contributed by atoms with Gasteiger partial charge in [-0.05, 0) is 98.7 Å². The van der Waals surface area contributed by atoms with Gasteiger partial charge in [0, 0.05) is 38.5 Å². The summed E-state index contributed by atoms with van der Waals surface area (Å²) in [6.45, 7) is 21.6. The summed E-state index contributed by atoms with van der Waals surface area (Å²) in [6, 6.07) is 18.6. The molecule has 216 valence electrons. The van der Waals surface area contributed by atoms with E-state index in [9.17, 15) is 0 Å². The summed E-state index contributed by atoms with van der Waals surface area (Å²) >= 11 is 0. The number of nitriles is 1. The van der Waals surface area contributed by atoms with Crippen LogP contribution in [-0.4, -0.2) is 4.98 Å². The molecule has 0 amide bonds. The zero-order valence-corrected chi connectivity index (χ0v) is 28.4. The average molecular weight is 726 g/mol. The number of nitrogens with zero attached hydrogens (tertiary/aromatic N) is 2. The molecule has 4 rings (SSSR count). The summed E-state index contributed by atoms with van der Waals surface area (Å²) in [7, 11) is 0. The third-order valence-electron chi connectivity index (χ3n) is 6.86. The number of fused-ring (bicyclic) bond motifs is 1. The zero-order valence-electron chi connectivity index (χ0n) is 25.5. The molecule has 0 aliphatic carbocycles. The summed E-state index contributed by atoms with van der Waals surface area (Å²) in [4.78, 5) is 4.75. The Kier molecular flexibility index (Phi) is 13.3. The Bertz CT molecular complexity index is 1550. The van der Waals surface area contributed by atoms with Gasteiger partial charge < -0.3 is 10.6 Å². The molecule has 2 N–H and O–H groups in total. The second kappa shape index (κ2) is 16.4. The molecule has 0 unspecified atom stereocenters. The van der Waals surface area contributed by atoms with Crippen molar-refractivity contribution in [2.24, 2.45) is 0 Å². The maximum absolute atomic E-state index is 8.93. The van der Waals surface area contributed by atoms with Crippen LogP contribution in [0.1, 0.15) is 74.0 Å². The van der Waals surface area contributed by atoms with Crippen LogP contribution in [0.25, 0.3) is 11.1 Å². The Morgan fingerprint density at radius 1 is 1.02 bits per heavy atom. The molecule has 2 heterocycles. The first-order chi connectivity index (χ1) is 19.6. The minimum absolute atomic E-state index is 0. The van der Waals surface area contributed by atoms with Crippen LogP contribution < -0.4 is 10.6 Å². The van der Waals surface area contributed by atoms with Gasteiger partial charge in [-0.3, -0.25) is 4.98 Å². The molecule has 0 bridgehead atoms. The Balaban J connectivity index is 0.000000947. The number of aromatic nitrogens is 1. The van der Waals surface area contributed by atoms with Crippen molar-refractivity contribution in [2.75, 3.05) is 10.6 Å². The molecular formula is C37H41N4W-. The first kappa shape index (κ1) is 34.1. The summed E-state index contributed by atoms with van der Waals surface area (Å²) in [5.74, 6) is 0.798. The van der Waals surface area contributed by atoms with Crippen molar-refractivity contribution in [3.8, 4) is 6.07 Å². The van der Waals surface area contributed by atoms with E-state index in [0.717, 1.165) is 64.4 Å². The number of anilines is 2. The van der Waals surface area contributed by atoms with E-state index in [1.54, 1.807) is 0 Å². The Morgan fingerprint density at radius 3 is 2.31 bits per heavy atom. The number of hydrogen-bond donors (Lipinski definition) is 2. The van der Waals surface area contributed by atoms with E-state index >= 15 is 0 Å². The summed E-state index contributed by atoms with van der Waals surface area (Å²) < 4.78 is 0. The van der Waals surface area contributed by atoms with Gasteiger partial charge in [-0.1, -0.05) is 61.9 Å². The van der Waals surface area contributed by atoms with Gasteiger partial charge in [-0.25, -0.2) is 19.1 Å². The Labute approximate surface area is 266 Å². The van der Waals surface area contributed by atoms with Crippen LogP contribution in [-0.2, 0) is 27.5 Å². The quantitative estimate of drug-likeness (QED) is 0.179. The maximum atomic E-state index is 8.93. The van der Waals surface area contributed by atoms with E-state index in [1.807, 2.05) is 37.4 Å². The van der Waals surface area contributed by atoms with Crippen molar-refractivity contribution in [2.45, 2.75) is 53.9 Å². The van der Waals surface area contributed by atoms with Gasteiger partial charge in [0.25, 0.3) is 0 Å². The third-order valence-corrected chi connectivity index (χ3v) is 6.86. The first-order valence-corrected chi connectivity index (χ1v) is 14.0. The normalized spacial score (nSPS) is 11.7. The van der Waals surface area contributed by atoms with E-state index in [1.165, 1.54) is 22.3 Å². The molecule has 0 atom stereocenters. The van der Waals surface area contributed by atoms with E-state index in [4.69, 9.17) is 10.2 Å². The van der Waals surface area contributed by atoms with Gasteiger partial charge in [0.05, 0.1) is 23.0 Å². The number of aryl methyl sites for hydroxylation is 2. The number of hydrogen-bond acceptors (Lipinski definition) is 4. The van der Waals surface area contributed by atoms with Gasteiger partial charge in [-0.15, -0.1) is 0 Å². The first-order valence-electron chi connectivity index (χ1n) is 14.0. The monoisotopic (exact) mass is 725 g/mol. The number of benzene rings is 2. The van der Waals surface area contributed by atoms with E-state index in [-0.39, 0.29) is 21.1 Å². The molecule has 1 aromatic heterocycles. The standard InChI is InChI=1S/C32H32N4.C5H9.W/c1-21(2)32(27-15-16-30-31(18-27)36-24(5)35-30)29-17-28(20-34-23(29)4)22(3)9-7-6-8-10-25-11-13-26(19-33)14-12-25;1-4-5(2)3;/h6-7,9,11-18,20,35-36H,5,8,10H2,1-4H3;2-4H2,1H3;/q;-1;/b7-6-,22-9+;;. The summed E-state index contributed by atoms with van der Waals surface area (Å²) in [5.41, 5.74) is 13.1. The van der Waals surface area contributed by atoms with Crippen molar-refractivity contribution in [1.29, 1.82) is 5.26 Å². The van der Waals surface area contributed by atoms with Crippen LogP contribution in [0.5, 0.6) is 0 Å². The van der Waals surface area contributed by atoms with E-state index < -0.39 is 0 Å². The smallest absolute Gasteiger partial charge is 0.100 e. The number of nitrogens with one attached hydrogen (secondary N) is 2. The molecule has 0 radical (unpaired) electrons. The summed E-state index contributed by atoms with van der Waals surface area (Å²) in [5, 5.41) is 15.5. The maximum Gasteiger partial charge on any atom is 0.100 e. The molecular weight excluding hydrogens is 684 g/mol. The largest absolute Gasteiger partial charge is 0.341 e. The minimum atomic E-state index is 0. The van der Waals surface area contributed by atoms with Crippen LogP contribution in [0.2, 0.25) is 0 Å². The average Bonchev–Trinajstić information content (AvgIpc) is 3.33. The number of rotatable bonds is 8. The van der Waals surface area contributed by atoms with Crippen LogP contribution in [0.3, 0.4) is 0 Å². The van der Waals surface area contributed by atoms with Gasteiger partial charge in [0.1, 0.15) is 5.82 Å². The van der Waals surface area contributed by atoms with Crippen LogP contribution in [0.4, 0.5) is 11.4 Å². The van der Waals surface area contributed by atoms with Crippen molar-refractivity contribution >= 4 is 22.5 Å². The van der Waals surface area contributed by atoms with Gasteiger partial charge in [0.15, 0.2) is 0 Å². The zero-order chi connectivity index (χ0) is 29.9. The molecule has 42 heavy (non-hydrogen) atoms. The van der Waals surface area contributed by atoms with Crippen LogP contribution in [0.15, 0.2) is 103 Å². The molecule has 0 saturated carbocycles. The van der Waals surface area contributed by atoms with Gasteiger partial charge in [-0.2, -0.15) is 5.26 Å². The van der Waals surface area contributed by atoms with E-state index in [0.29, 0.717) is 5.56 Å². The fourth-order valence-corrected chi connectivity index (χ4v) is 4.38. The SMILES string of the molecule is C=C([CH2-])CC.C=C1Nc2ccc(C(=C(C)C)c3cc(/C(C)=C/C=C\CCc4ccc(C#N)cc4)cnc3C)cc2N1.[W]. The predicted octanol–water partition coefficient (Wildman–Crippen LogP) is 9.79. The van der Waals surface area contributed by atoms with Gasteiger partial charge >= 0.3 is 0 Å². The van der Waals surface area contributed by atoms with Gasteiger partial charge in [0.2, 0.25) is 0 Å². The minimum Gasteiger partial charge on any atom is -0.341 e. The van der Waals surface area contributed by atoms with Crippen molar-refractivity contribution in [3.05, 3.63) is 144 Å². The predicted molar refractivity (Wildman–Crippen MR) is 176 cm³/mol. The van der Waals surface area contributed by atoms with Crippen LogP contribution >= 0.6 is 0 Å². The second-order valence-electron chi connectivity index (χ2n) is 10.4. The molecule has 5 heteroatoms. The summed E-state index contributed by atoms with van der Waals surface area (Å²) in [6.07, 6.45) is 11.3. The van der Waals surface area contributed by atoms with Crippen molar-refractivity contribution < 1.29 is 21.1 Å². The molecule has 0 fully saturated rings. The van der Waals surface area contributed by atoms with Crippen molar-refractivity contribution in [1.82, 2.24) is 4.98 Å². The Hall–Kier alpha value is -4.06. The molecule has 1 aliphatic rings. The molecule has 0 spiro atoms. The third kappa shape index (κ3) is 9.50. The number of allylic oxidation sites excluding steroid dienone is 6.